The minimum atomic E-state index is 0.284. The van der Waals surface area contributed by atoms with Crippen LogP contribution in [0.2, 0.25) is 0 Å². The predicted octanol–water partition coefficient (Wildman–Crippen LogP) is 1.75. The van der Waals surface area contributed by atoms with Crippen molar-refractivity contribution < 1.29 is 4.79 Å². The molecular weight excluding hydrogens is 224 g/mol. The molecule has 1 aliphatic rings. The van der Waals surface area contributed by atoms with Crippen LogP contribution < -0.4 is 5.32 Å². The summed E-state index contributed by atoms with van der Waals surface area (Å²) < 4.78 is 0. The summed E-state index contributed by atoms with van der Waals surface area (Å²) >= 11 is 0. The molecule has 0 atom stereocenters. The van der Waals surface area contributed by atoms with E-state index in [0.29, 0.717) is 12.5 Å². The number of hydrogen-bond donors (Lipinski definition) is 1. The summed E-state index contributed by atoms with van der Waals surface area (Å²) in [5.41, 5.74) is 2.56. The molecule has 1 N–H and O–H groups in total. The molecule has 3 heteroatoms. The summed E-state index contributed by atoms with van der Waals surface area (Å²) in [6.07, 6.45) is 1.47. The van der Waals surface area contributed by atoms with Crippen LogP contribution >= 0.6 is 0 Å². The number of nitrogens with zero attached hydrogens (tertiary/aromatic N) is 1. The third kappa shape index (κ3) is 2.91. The molecule has 1 aromatic carbocycles. The first-order chi connectivity index (χ1) is 8.72. The van der Waals surface area contributed by atoms with Gasteiger partial charge in [-0.1, -0.05) is 24.3 Å². The Balaban J connectivity index is 1.89. The van der Waals surface area contributed by atoms with Gasteiger partial charge in [-0.25, -0.2) is 0 Å². The Labute approximate surface area is 109 Å². The van der Waals surface area contributed by atoms with E-state index in [4.69, 9.17) is 0 Å². The summed E-state index contributed by atoms with van der Waals surface area (Å²) in [5, 5.41) is 3.22. The van der Waals surface area contributed by atoms with Crippen molar-refractivity contribution in [1.82, 2.24) is 10.2 Å². The zero-order valence-corrected chi connectivity index (χ0v) is 11.3. The number of carbonyl (C=O) groups excluding carboxylic acids is 1. The number of likely N-dealkylation sites (N-methyl/N-ethyl adjacent to an activating group) is 1. The molecule has 0 saturated carbocycles. The van der Waals surface area contributed by atoms with E-state index in [1.54, 1.807) is 0 Å². The molecule has 98 valence electrons. The van der Waals surface area contributed by atoms with Gasteiger partial charge in [0.15, 0.2) is 0 Å². The summed E-state index contributed by atoms with van der Waals surface area (Å²) in [4.78, 5) is 14.2. The third-order valence-electron chi connectivity index (χ3n) is 3.73. The molecule has 3 nitrogen and oxygen atoms in total. The highest BCUT2D eigenvalue weighted by Gasteiger charge is 2.26. The van der Waals surface area contributed by atoms with Gasteiger partial charge in [-0.3, -0.25) is 4.79 Å². The third-order valence-corrected chi connectivity index (χ3v) is 3.73. The van der Waals surface area contributed by atoms with Gasteiger partial charge in [0.1, 0.15) is 0 Å². The first-order valence-electron chi connectivity index (χ1n) is 6.77. The van der Waals surface area contributed by atoms with Crippen molar-refractivity contribution in [3.8, 4) is 0 Å². The van der Waals surface area contributed by atoms with Gasteiger partial charge in [0.05, 0.1) is 6.04 Å². The summed E-state index contributed by atoms with van der Waals surface area (Å²) in [5.74, 6) is 0.284. The first-order valence-corrected chi connectivity index (χ1v) is 6.77. The van der Waals surface area contributed by atoms with E-state index in [0.717, 1.165) is 26.1 Å². The summed E-state index contributed by atoms with van der Waals surface area (Å²) in [6, 6.07) is 8.72. The number of benzene rings is 1. The number of carbonyl (C=O) groups is 1. The highest BCUT2D eigenvalue weighted by atomic mass is 16.2. The second-order valence-electron chi connectivity index (χ2n) is 4.92. The Hall–Kier alpha value is -1.35. The van der Waals surface area contributed by atoms with E-state index in [1.165, 1.54) is 11.1 Å². The Bertz CT molecular complexity index is 413. The number of nitrogens with one attached hydrogen (secondary N) is 1. The zero-order chi connectivity index (χ0) is 13.0. The Morgan fingerprint density at radius 2 is 2.11 bits per heavy atom. The van der Waals surface area contributed by atoms with Gasteiger partial charge in [-0.2, -0.15) is 0 Å². The Kier molecular flexibility index (Phi) is 4.37. The van der Waals surface area contributed by atoms with Crippen molar-refractivity contribution in [3.05, 3.63) is 35.4 Å². The monoisotopic (exact) mass is 246 g/mol. The van der Waals surface area contributed by atoms with E-state index in [2.05, 4.69) is 31.3 Å². The highest BCUT2D eigenvalue weighted by molar-refractivity contribution is 5.77. The van der Waals surface area contributed by atoms with E-state index in [1.807, 2.05) is 17.0 Å². The Morgan fingerprint density at radius 3 is 2.67 bits per heavy atom. The van der Waals surface area contributed by atoms with Gasteiger partial charge in [0.2, 0.25) is 5.91 Å². The number of amides is 1. The molecule has 1 aliphatic heterocycles. The lowest BCUT2D eigenvalue weighted by Crippen LogP contribution is -2.58. The molecule has 0 spiro atoms. The smallest absolute Gasteiger partial charge is 0.223 e. The normalized spacial score (nSPS) is 15.2. The van der Waals surface area contributed by atoms with Crippen LogP contribution in [0.25, 0.3) is 0 Å². The van der Waals surface area contributed by atoms with Crippen LogP contribution in [0.4, 0.5) is 0 Å². The first kappa shape index (κ1) is 13.1. The van der Waals surface area contributed by atoms with Crippen molar-refractivity contribution in [2.75, 3.05) is 19.6 Å². The largest absolute Gasteiger partial charge is 0.337 e. The standard InChI is InChI=1S/C15H22N2O/c1-3-17(14-10-16-11-14)15(18)9-8-13-7-5-4-6-12(13)2/h4-7,14,16H,3,8-11H2,1-2H3. The molecule has 0 bridgehead atoms. The fourth-order valence-corrected chi connectivity index (χ4v) is 2.41. The molecule has 0 aliphatic carbocycles. The second-order valence-corrected chi connectivity index (χ2v) is 4.92. The van der Waals surface area contributed by atoms with Crippen LogP contribution in [-0.2, 0) is 11.2 Å². The van der Waals surface area contributed by atoms with E-state index >= 15 is 0 Å². The molecule has 0 unspecified atom stereocenters. The van der Waals surface area contributed by atoms with E-state index in [9.17, 15) is 4.79 Å². The molecule has 0 aromatic heterocycles. The molecule has 0 radical (unpaired) electrons. The van der Waals surface area contributed by atoms with Crippen molar-refractivity contribution in [2.45, 2.75) is 32.7 Å². The van der Waals surface area contributed by atoms with Crippen LogP contribution in [0.3, 0.4) is 0 Å². The summed E-state index contributed by atoms with van der Waals surface area (Å²) in [6.45, 7) is 6.88. The topological polar surface area (TPSA) is 32.3 Å². The molecule has 1 fully saturated rings. The van der Waals surface area contributed by atoms with Crippen molar-refractivity contribution >= 4 is 5.91 Å². The minimum absolute atomic E-state index is 0.284. The van der Waals surface area contributed by atoms with Crippen LogP contribution in [0.1, 0.15) is 24.5 Å². The van der Waals surface area contributed by atoms with E-state index < -0.39 is 0 Å². The molecule has 18 heavy (non-hydrogen) atoms. The van der Waals surface area contributed by atoms with Crippen molar-refractivity contribution in [1.29, 1.82) is 0 Å². The second kappa shape index (κ2) is 6.01. The van der Waals surface area contributed by atoms with Gasteiger partial charge < -0.3 is 10.2 Å². The van der Waals surface area contributed by atoms with Gasteiger partial charge >= 0.3 is 0 Å². The average molecular weight is 246 g/mol. The fraction of sp³-hybridized carbons (Fsp3) is 0.533. The van der Waals surface area contributed by atoms with Crippen molar-refractivity contribution in [3.63, 3.8) is 0 Å². The quantitative estimate of drug-likeness (QED) is 0.858. The van der Waals surface area contributed by atoms with Gasteiger partial charge in [-0.05, 0) is 31.4 Å². The number of hydrogen-bond acceptors (Lipinski definition) is 2. The van der Waals surface area contributed by atoms with Crippen LogP contribution in [-0.4, -0.2) is 36.5 Å². The maximum atomic E-state index is 12.2. The predicted molar refractivity (Wildman–Crippen MR) is 73.5 cm³/mol. The number of rotatable bonds is 5. The molecule has 1 amide bonds. The van der Waals surface area contributed by atoms with Crippen molar-refractivity contribution in [2.24, 2.45) is 0 Å². The van der Waals surface area contributed by atoms with Gasteiger partial charge in [0, 0.05) is 26.1 Å². The van der Waals surface area contributed by atoms with E-state index in [-0.39, 0.29) is 5.91 Å². The molecule has 1 saturated heterocycles. The lowest BCUT2D eigenvalue weighted by molar-refractivity contribution is -0.134. The minimum Gasteiger partial charge on any atom is -0.337 e. The van der Waals surface area contributed by atoms with Crippen LogP contribution in [0.5, 0.6) is 0 Å². The average Bonchev–Trinajstić information content (AvgIpc) is 2.32. The van der Waals surface area contributed by atoms with Crippen LogP contribution in [0.15, 0.2) is 24.3 Å². The molecular formula is C15H22N2O. The fourth-order valence-electron chi connectivity index (χ4n) is 2.41. The highest BCUT2D eigenvalue weighted by Crippen LogP contribution is 2.12. The zero-order valence-electron chi connectivity index (χ0n) is 11.3. The molecule has 1 aromatic rings. The summed E-state index contributed by atoms with van der Waals surface area (Å²) in [7, 11) is 0. The maximum absolute atomic E-state index is 12.2. The molecule has 1 heterocycles. The SMILES string of the molecule is CCN(C(=O)CCc1ccccc1C)C1CNC1. The number of aryl methyl sites for hydroxylation is 2. The van der Waals surface area contributed by atoms with Gasteiger partial charge in [0.25, 0.3) is 0 Å². The molecule has 2 rings (SSSR count). The Morgan fingerprint density at radius 1 is 1.39 bits per heavy atom. The lowest BCUT2D eigenvalue weighted by atomic mass is 10.0. The lowest BCUT2D eigenvalue weighted by Gasteiger charge is -2.37. The van der Waals surface area contributed by atoms with Gasteiger partial charge in [-0.15, -0.1) is 0 Å². The van der Waals surface area contributed by atoms with Crippen LogP contribution in [0, 0.1) is 6.92 Å². The maximum Gasteiger partial charge on any atom is 0.223 e.